The number of ether oxygens (including phenoxy) is 1. The number of nitrogens with two attached hydrogens (primary N) is 1. The maximum atomic E-state index is 12.1. The topological polar surface area (TPSA) is 85.9 Å². The van der Waals surface area contributed by atoms with Gasteiger partial charge in [-0.25, -0.2) is 0 Å². The summed E-state index contributed by atoms with van der Waals surface area (Å²) in [6, 6.07) is 17.5. The Morgan fingerprint density at radius 3 is 2.52 bits per heavy atom. The van der Waals surface area contributed by atoms with Crippen LogP contribution in [0.25, 0.3) is 0 Å². The van der Waals surface area contributed by atoms with Crippen LogP contribution in [-0.2, 0) is 16.2 Å². The zero-order valence-corrected chi connectivity index (χ0v) is 16.8. The SMILES string of the molecule is CC1CCC(NC(=O)CO/N=C(\N)c2ccccc2OCc2ccccc2)CC1. The molecule has 1 aliphatic carbocycles. The maximum absolute atomic E-state index is 12.1. The molecule has 2 aromatic carbocycles. The zero-order chi connectivity index (χ0) is 20.5. The molecule has 3 N–H and O–H groups in total. The highest BCUT2D eigenvalue weighted by Gasteiger charge is 2.19. The molecule has 154 valence electrons. The lowest BCUT2D eigenvalue weighted by atomic mass is 9.87. The summed E-state index contributed by atoms with van der Waals surface area (Å²) < 4.78 is 5.89. The molecule has 29 heavy (non-hydrogen) atoms. The number of hydrogen-bond acceptors (Lipinski definition) is 4. The fourth-order valence-electron chi connectivity index (χ4n) is 3.42. The molecule has 0 bridgehead atoms. The number of amides is 1. The van der Waals surface area contributed by atoms with Crippen LogP contribution in [0.2, 0.25) is 0 Å². The first-order chi connectivity index (χ1) is 14.1. The number of benzene rings is 2. The molecule has 6 heteroatoms. The van der Waals surface area contributed by atoms with E-state index in [9.17, 15) is 4.79 Å². The van der Waals surface area contributed by atoms with E-state index in [1.807, 2.05) is 54.6 Å². The normalized spacial score (nSPS) is 19.4. The van der Waals surface area contributed by atoms with Gasteiger partial charge in [-0.15, -0.1) is 0 Å². The molecule has 0 spiro atoms. The molecule has 0 radical (unpaired) electrons. The molecule has 1 aliphatic rings. The van der Waals surface area contributed by atoms with Gasteiger partial charge in [0, 0.05) is 6.04 Å². The molecule has 0 heterocycles. The molecule has 2 aromatic rings. The predicted octanol–water partition coefficient (Wildman–Crippen LogP) is 3.60. The molecule has 0 aliphatic heterocycles. The second-order valence-corrected chi connectivity index (χ2v) is 7.54. The van der Waals surface area contributed by atoms with Crippen molar-refractivity contribution in [3.63, 3.8) is 0 Å². The van der Waals surface area contributed by atoms with Crippen LogP contribution in [0.5, 0.6) is 5.75 Å². The Morgan fingerprint density at radius 1 is 1.07 bits per heavy atom. The molecule has 1 fully saturated rings. The first-order valence-electron chi connectivity index (χ1n) is 10.1. The smallest absolute Gasteiger partial charge is 0.260 e. The Bertz CT molecular complexity index is 815. The predicted molar refractivity (Wildman–Crippen MR) is 113 cm³/mol. The van der Waals surface area contributed by atoms with E-state index in [-0.39, 0.29) is 24.4 Å². The fourth-order valence-corrected chi connectivity index (χ4v) is 3.42. The Labute approximate surface area is 172 Å². The summed E-state index contributed by atoms with van der Waals surface area (Å²) in [6.07, 6.45) is 4.34. The minimum absolute atomic E-state index is 0.153. The third kappa shape index (κ3) is 6.52. The molecule has 0 atom stereocenters. The Kier molecular flexibility index (Phi) is 7.50. The van der Waals surface area contributed by atoms with Crippen molar-refractivity contribution in [2.45, 2.75) is 45.3 Å². The average molecular weight is 396 g/mol. The van der Waals surface area contributed by atoms with Gasteiger partial charge < -0.3 is 20.6 Å². The number of nitrogens with zero attached hydrogens (tertiary/aromatic N) is 1. The molecule has 1 amide bonds. The maximum Gasteiger partial charge on any atom is 0.260 e. The summed E-state index contributed by atoms with van der Waals surface area (Å²) in [5, 5.41) is 6.91. The van der Waals surface area contributed by atoms with E-state index in [0.29, 0.717) is 17.9 Å². The fraction of sp³-hybridized carbons (Fsp3) is 0.391. The Hall–Kier alpha value is -3.02. The monoisotopic (exact) mass is 395 g/mol. The van der Waals surface area contributed by atoms with Crippen LogP contribution in [0.3, 0.4) is 0 Å². The summed E-state index contributed by atoms with van der Waals surface area (Å²) in [7, 11) is 0. The van der Waals surface area contributed by atoms with E-state index in [1.54, 1.807) is 0 Å². The minimum Gasteiger partial charge on any atom is -0.488 e. The lowest BCUT2D eigenvalue weighted by molar-refractivity contribution is -0.126. The second-order valence-electron chi connectivity index (χ2n) is 7.54. The number of carbonyl (C=O) groups is 1. The van der Waals surface area contributed by atoms with Gasteiger partial charge >= 0.3 is 0 Å². The number of amidine groups is 1. The molecule has 1 saturated carbocycles. The first-order valence-corrected chi connectivity index (χ1v) is 10.1. The summed E-state index contributed by atoms with van der Waals surface area (Å²) in [5.41, 5.74) is 7.75. The van der Waals surface area contributed by atoms with E-state index in [4.69, 9.17) is 15.3 Å². The van der Waals surface area contributed by atoms with Gasteiger partial charge in [0.15, 0.2) is 12.4 Å². The molecule has 0 unspecified atom stereocenters. The third-order valence-corrected chi connectivity index (χ3v) is 5.14. The second kappa shape index (κ2) is 10.5. The highest BCUT2D eigenvalue weighted by molar-refractivity contribution is 5.99. The zero-order valence-electron chi connectivity index (χ0n) is 16.8. The van der Waals surface area contributed by atoms with Crippen molar-refractivity contribution in [2.24, 2.45) is 16.8 Å². The van der Waals surface area contributed by atoms with Crippen molar-refractivity contribution >= 4 is 11.7 Å². The van der Waals surface area contributed by atoms with Crippen LogP contribution in [0, 0.1) is 5.92 Å². The molecular formula is C23H29N3O3. The third-order valence-electron chi connectivity index (χ3n) is 5.14. The van der Waals surface area contributed by atoms with Gasteiger partial charge in [0.05, 0.1) is 5.56 Å². The number of carbonyl (C=O) groups excluding carboxylic acids is 1. The van der Waals surface area contributed by atoms with Crippen molar-refractivity contribution in [2.75, 3.05) is 6.61 Å². The molecular weight excluding hydrogens is 366 g/mol. The molecule has 3 rings (SSSR count). The van der Waals surface area contributed by atoms with Crippen molar-refractivity contribution in [3.8, 4) is 5.75 Å². The average Bonchev–Trinajstić information content (AvgIpc) is 2.75. The van der Waals surface area contributed by atoms with E-state index < -0.39 is 0 Å². The quantitative estimate of drug-likeness (QED) is 0.406. The summed E-state index contributed by atoms with van der Waals surface area (Å²) in [5.74, 6) is 1.36. The van der Waals surface area contributed by atoms with Gasteiger partial charge in [-0.1, -0.05) is 54.5 Å². The Balaban J connectivity index is 1.51. The van der Waals surface area contributed by atoms with E-state index in [2.05, 4.69) is 17.4 Å². The van der Waals surface area contributed by atoms with E-state index in [1.165, 1.54) is 0 Å². The lowest BCUT2D eigenvalue weighted by Crippen LogP contribution is -2.39. The van der Waals surface area contributed by atoms with Gasteiger partial charge in [0.1, 0.15) is 12.4 Å². The number of hydrogen-bond donors (Lipinski definition) is 2. The van der Waals surface area contributed by atoms with Crippen LogP contribution >= 0.6 is 0 Å². The van der Waals surface area contributed by atoms with E-state index in [0.717, 1.165) is 37.2 Å². The van der Waals surface area contributed by atoms with E-state index >= 15 is 0 Å². The summed E-state index contributed by atoms with van der Waals surface area (Å²) >= 11 is 0. The van der Waals surface area contributed by atoms with Crippen molar-refractivity contribution in [1.82, 2.24) is 5.32 Å². The van der Waals surface area contributed by atoms with Gasteiger partial charge in [0.25, 0.3) is 5.91 Å². The van der Waals surface area contributed by atoms with Gasteiger partial charge in [0.2, 0.25) is 0 Å². The lowest BCUT2D eigenvalue weighted by Gasteiger charge is -2.26. The van der Waals surface area contributed by atoms with Crippen LogP contribution in [-0.4, -0.2) is 24.4 Å². The van der Waals surface area contributed by atoms with Crippen LogP contribution in [0.1, 0.15) is 43.7 Å². The standard InChI is InChI=1S/C23H29N3O3/c1-17-11-13-19(14-12-17)25-22(27)16-29-26-23(24)20-9-5-6-10-21(20)28-15-18-7-3-2-4-8-18/h2-10,17,19H,11-16H2,1H3,(H2,24,26)(H,25,27). The highest BCUT2D eigenvalue weighted by Crippen LogP contribution is 2.23. The highest BCUT2D eigenvalue weighted by atomic mass is 16.6. The number of para-hydroxylation sites is 1. The van der Waals surface area contributed by atoms with Crippen LogP contribution < -0.4 is 15.8 Å². The van der Waals surface area contributed by atoms with Gasteiger partial charge in [-0.05, 0) is 49.3 Å². The van der Waals surface area contributed by atoms with Crippen LogP contribution in [0.4, 0.5) is 0 Å². The minimum atomic E-state index is -0.172. The molecule has 6 nitrogen and oxygen atoms in total. The first kappa shape index (κ1) is 20.7. The van der Waals surface area contributed by atoms with Crippen molar-refractivity contribution in [1.29, 1.82) is 0 Å². The number of oxime groups is 1. The summed E-state index contributed by atoms with van der Waals surface area (Å²) in [6.45, 7) is 2.52. The number of rotatable bonds is 8. The summed E-state index contributed by atoms with van der Waals surface area (Å²) in [4.78, 5) is 17.3. The molecule has 0 saturated heterocycles. The van der Waals surface area contributed by atoms with Crippen molar-refractivity contribution < 1.29 is 14.4 Å². The largest absolute Gasteiger partial charge is 0.488 e. The van der Waals surface area contributed by atoms with Crippen LogP contribution in [0.15, 0.2) is 59.8 Å². The van der Waals surface area contributed by atoms with Crippen molar-refractivity contribution in [3.05, 3.63) is 65.7 Å². The Morgan fingerprint density at radius 2 is 1.76 bits per heavy atom. The molecule has 0 aromatic heterocycles. The van der Waals surface area contributed by atoms with Gasteiger partial charge in [-0.2, -0.15) is 0 Å². The van der Waals surface area contributed by atoms with Gasteiger partial charge in [-0.3, -0.25) is 4.79 Å². The number of nitrogens with one attached hydrogen (secondary N) is 1.